The van der Waals surface area contributed by atoms with E-state index < -0.39 is 0 Å². The van der Waals surface area contributed by atoms with Gasteiger partial charge in [0.15, 0.2) is 0 Å². The maximum Gasteiger partial charge on any atom is 0.123 e. The van der Waals surface area contributed by atoms with E-state index in [0.29, 0.717) is 0 Å². The van der Waals surface area contributed by atoms with Crippen molar-refractivity contribution < 1.29 is 4.39 Å². The Morgan fingerprint density at radius 2 is 1.21 bits per heavy atom. The van der Waals surface area contributed by atoms with Crippen molar-refractivity contribution in [1.29, 1.82) is 0 Å². The van der Waals surface area contributed by atoms with E-state index in [1.807, 2.05) is 0 Å². The molecule has 1 aliphatic rings. The molecule has 2 aromatic rings. The summed E-state index contributed by atoms with van der Waals surface area (Å²) in [6.07, 6.45) is 7.12. The standard InChI is InChI=1S/C12H16.C6H5F/c1-3-7-11(8-4-1)12-9-5-2-6-10-12;7-6-4-2-1-3-5-6/h1,3-4,7-8,12H,2,5-6,9-10H2;1-5H. The van der Waals surface area contributed by atoms with Crippen molar-refractivity contribution in [3.63, 3.8) is 0 Å². The number of halogens is 1. The Morgan fingerprint density at radius 3 is 1.68 bits per heavy atom. The minimum absolute atomic E-state index is 0.178. The minimum atomic E-state index is -0.178. The van der Waals surface area contributed by atoms with Crippen LogP contribution in [0.15, 0.2) is 60.7 Å². The summed E-state index contributed by atoms with van der Waals surface area (Å²) in [6, 6.07) is 18.9. The molecule has 0 saturated heterocycles. The molecule has 3 rings (SSSR count). The zero-order chi connectivity index (χ0) is 13.3. The van der Waals surface area contributed by atoms with Crippen molar-refractivity contribution in [3.8, 4) is 0 Å². The Kier molecular flexibility index (Phi) is 5.61. The van der Waals surface area contributed by atoms with E-state index in [4.69, 9.17) is 0 Å². The largest absolute Gasteiger partial charge is 0.207 e. The number of hydrogen-bond acceptors (Lipinski definition) is 0. The van der Waals surface area contributed by atoms with E-state index in [1.54, 1.807) is 23.8 Å². The second-order valence-electron chi connectivity index (χ2n) is 5.04. The van der Waals surface area contributed by atoms with Crippen LogP contribution in [0.4, 0.5) is 4.39 Å². The molecule has 1 heteroatoms. The van der Waals surface area contributed by atoms with Gasteiger partial charge in [-0.25, -0.2) is 4.39 Å². The number of hydrogen-bond donors (Lipinski definition) is 0. The van der Waals surface area contributed by atoms with Gasteiger partial charge in [0, 0.05) is 0 Å². The fourth-order valence-corrected chi connectivity index (χ4v) is 2.58. The molecule has 0 aromatic heterocycles. The maximum atomic E-state index is 11.9. The van der Waals surface area contributed by atoms with Gasteiger partial charge in [-0.2, -0.15) is 0 Å². The van der Waals surface area contributed by atoms with E-state index in [1.165, 1.54) is 44.2 Å². The van der Waals surface area contributed by atoms with Gasteiger partial charge in [0.2, 0.25) is 0 Å². The van der Waals surface area contributed by atoms with Gasteiger partial charge in [-0.15, -0.1) is 0 Å². The van der Waals surface area contributed by atoms with E-state index in [0.717, 1.165) is 5.92 Å². The highest BCUT2D eigenvalue weighted by Crippen LogP contribution is 2.32. The molecule has 0 atom stereocenters. The fraction of sp³-hybridized carbons (Fsp3) is 0.333. The lowest BCUT2D eigenvalue weighted by atomic mass is 9.84. The van der Waals surface area contributed by atoms with Gasteiger partial charge in [0.1, 0.15) is 5.82 Å². The summed E-state index contributed by atoms with van der Waals surface area (Å²) in [5.41, 5.74) is 1.55. The second-order valence-corrected chi connectivity index (χ2v) is 5.04. The van der Waals surface area contributed by atoms with Crippen LogP contribution in [0.5, 0.6) is 0 Å². The smallest absolute Gasteiger partial charge is 0.123 e. The van der Waals surface area contributed by atoms with E-state index in [9.17, 15) is 4.39 Å². The van der Waals surface area contributed by atoms with Crippen LogP contribution in [0.1, 0.15) is 43.6 Å². The quantitative estimate of drug-likeness (QED) is 0.626. The van der Waals surface area contributed by atoms with Gasteiger partial charge in [0.05, 0.1) is 0 Å². The molecule has 0 nitrogen and oxygen atoms in total. The van der Waals surface area contributed by atoms with Crippen LogP contribution in [0.3, 0.4) is 0 Å². The molecule has 19 heavy (non-hydrogen) atoms. The molecule has 1 fully saturated rings. The zero-order valence-electron chi connectivity index (χ0n) is 11.3. The normalized spacial score (nSPS) is 15.4. The summed E-state index contributed by atoms with van der Waals surface area (Å²) < 4.78 is 11.9. The molecule has 0 radical (unpaired) electrons. The maximum absolute atomic E-state index is 11.9. The summed E-state index contributed by atoms with van der Waals surface area (Å²) >= 11 is 0. The Labute approximate surface area is 115 Å². The molecule has 0 aliphatic heterocycles. The highest BCUT2D eigenvalue weighted by Gasteiger charge is 2.14. The molecular weight excluding hydrogens is 235 g/mol. The van der Waals surface area contributed by atoms with Gasteiger partial charge in [0.25, 0.3) is 0 Å². The first-order valence-corrected chi connectivity index (χ1v) is 7.12. The summed E-state index contributed by atoms with van der Waals surface area (Å²) in [5, 5.41) is 0. The molecule has 0 heterocycles. The SMILES string of the molecule is Fc1ccccc1.c1ccc(C2CCCCC2)cc1. The third-order valence-corrected chi connectivity index (χ3v) is 3.61. The van der Waals surface area contributed by atoms with Crippen LogP contribution < -0.4 is 0 Å². The van der Waals surface area contributed by atoms with Gasteiger partial charge in [-0.1, -0.05) is 67.8 Å². The highest BCUT2D eigenvalue weighted by atomic mass is 19.1. The fourth-order valence-electron chi connectivity index (χ4n) is 2.58. The third-order valence-electron chi connectivity index (χ3n) is 3.61. The van der Waals surface area contributed by atoms with Crippen molar-refractivity contribution in [1.82, 2.24) is 0 Å². The van der Waals surface area contributed by atoms with Crippen LogP contribution >= 0.6 is 0 Å². The highest BCUT2D eigenvalue weighted by molar-refractivity contribution is 5.19. The Bertz CT molecular complexity index is 444. The summed E-state index contributed by atoms with van der Waals surface area (Å²) in [7, 11) is 0. The third kappa shape index (κ3) is 4.86. The lowest BCUT2D eigenvalue weighted by molar-refractivity contribution is 0.443. The molecule has 100 valence electrons. The molecule has 0 N–H and O–H groups in total. The van der Waals surface area contributed by atoms with Crippen LogP contribution in [0.2, 0.25) is 0 Å². The molecule has 1 saturated carbocycles. The number of benzene rings is 2. The van der Waals surface area contributed by atoms with Crippen molar-refractivity contribution >= 4 is 0 Å². The van der Waals surface area contributed by atoms with Gasteiger partial charge in [-0.05, 0) is 36.5 Å². The Morgan fingerprint density at radius 1 is 0.684 bits per heavy atom. The van der Waals surface area contributed by atoms with Crippen LogP contribution in [0, 0.1) is 5.82 Å². The molecule has 0 unspecified atom stereocenters. The molecule has 0 amide bonds. The lowest BCUT2D eigenvalue weighted by Gasteiger charge is -2.21. The van der Waals surface area contributed by atoms with Crippen LogP contribution in [-0.4, -0.2) is 0 Å². The van der Waals surface area contributed by atoms with E-state index >= 15 is 0 Å². The predicted molar refractivity (Wildman–Crippen MR) is 78.7 cm³/mol. The lowest BCUT2D eigenvalue weighted by Crippen LogP contribution is -2.03. The Balaban J connectivity index is 0.000000163. The average Bonchev–Trinajstić information content (AvgIpc) is 2.51. The van der Waals surface area contributed by atoms with Crippen molar-refractivity contribution in [3.05, 3.63) is 72.0 Å². The first-order chi connectivity index (χ1) is 9.36. The monoisotopic (exact) mass is 256 g/mol. The van der Waals surface area contributed by atoms with Crippen LogP contribution in [0.25, 0.3) is 0 Å². The first kappa shape index (κ1) is 13.8. The molecule has 1 aliphatic carbocycles. The van der Waals surface area contributed by atoms with Crippen LogP contribution in [-0.2, 0) is 0 Å². The summed E-state index contributed by atoms with van der Waals surface area (Å²) in [6.45, 7) is 0. The zero-order valence-corrected chi connectivity index (χ0v) is 11.3. The molecular formula is C18H21F. The topological polar surface area (TPSA) is 0 Å². The summed E-state index contributed by atoms with van der Waals surface area (Å²) in [4.78, 5) is 0. The van der Waals surface area contributed by atoms with Gasteiger partial charge in [-0.3, -0.25) is 0 Å². The molecule has 2 aromatic carbocycles. The second kappa shape index (κ2) is 7.73. The van der Waals surface area contributed by atoms with Crippen molar-refractivity contribution in [2.45, 2.75) is 38.0 Å². The average molecular weight is 256 g/mol. The number of rotatable bonds is 1. The summed E-state index contributed by atoms with van der Waals surface area (Å²) in [5.74, 6) is 0.683. The van der Waals surface area contributed by atoms with Crippen molar-refractivity contribution in [2.24, 2.45) is 0 Å². The Hall–Kier alpha value is -1.63. The van der Waals surface area contributed by atoms with E-state index in [2.05, 4.69) is 30.3 Å². The van der Waals surface area contributed by atoms with E-state index in [-0.39, 0.29) is 5.82 Å². The van der Waals surface area contributed by atoms with Crippen molar-refractivity contribution in [2.75, 3.05) is 0 Å². The molecule has 0 bridgehead atoms. The first-order valence-electron chi connectivity index (χ1n) is 7.12. The van der Waals surface area contributed by atoms with Gasteiger partial charge >= 0.3 is 0 Å². The molecule has 0 spiro atoms. The predicted octanol–water partition coefficient (Wildman–Crippen LogP) is 5.56. The van der Waals surface area contributed by atoms with Gasteiger partial charge < -0.3 is 0 Å². The minimum Gasteiger partial charge on any atom is -0.207 e.